The van der Waals surface area contributed by atoms with Gasteiger partial charge in [-0.3, -0.25) is 0 Å². The minimum atomic E-state index is 0.192. The number of nitrogens with two attached hydrogens (primary N) is 1. The van der Waals surface area contributed by atoms with Crippen molar-refractivity contribution in [2.75, 3.05) is 18.0 Å². The maximum absolute atomic E-state index is 5.90. The molecule has 0 saturated heterocycles. The summed E-state index contributed by atoms with van der Waals surface area (Å²) in [5.41, 5.74) is 7.18. The van der Waals surface area contributed by atoms with E-state index in [0.717, 1.165) is 31.2 Å². The zero-order valence-electron chi connectivity index (χ0n) is 10.9. The molecule has 3 nitrogen and oxygen atoms in total. The number of aromatic nitrogens is 1. The summed E-state index contributed by atoms with van der Waals surface area (Å²) in [4.78, 5) is 6.95. The fourth-order valence-electron chi connectivity index (χ4n) is 2.20. The van der Waals surface area contributed by atoms with E-state index in [4.69, 9.17) is 5.73 Å². The molecule has 2 rings (SSSR count). The summed E-state index contributed by atoms with van der Waals surface area (Å²) < 4.78 is 0. The first-order chi connectivity index (χ1) is 8.20. The number of hydrogen-bond donors (Lipinski definition) is 1. The van der Waals surface area contributed by atoms with Crippen molar-refractivity contribution in [1.82, 2.24) is 4.98 Å². The molecule has 1 aromatic heterocycles. The molecule has 17 heavy (non-hydrogen) atoms. The number of anilines is 1. The van der Waals surface area contributed by atoms with Gasteiger partial charge in [0.25, 0.3) is 0 Å². The second kappa shape index (κ2) is 5.50. The van der Waals surface area contributed by atoms with Crippen molar-refractivity contribution in [1.29, 1.82) is 0 Å². The third kappa shape index (κ3) is 3.43. The Morgan fingerprint density at radius 3 is 2.88 bits per heavy atom. The average molecular weight is 233 g/mol. The molecule has 1 heterocycles. The lowest BCUT2D eigenvalue weighted by Gasteiger charge is -2.24. The van der Waals surface area contributed by atoms with Gasteiger partial charge < -0.3 is 10.6 Å². The minimum absolute atomic E-state index is 0.192. The number of pyridine rings is 1. The lowest BCUT2D eigenvalue weighted by atomic mass is 10.1. The van der Waals surface area contributed by atoms with E-state index < -0.39 is 0 Å². The highest BCUT2D eigenvalue weighted by molar-refractivity contribution is 5.47. The zero-order valence-corrected chi connectivity index (χ0v) is 10.9. The highest BCUT2D eigenvalue weighted by Crippen LogP contribution is 2.31. The van der Waals surface area contributed by atoms with Crippen molar-refractivity contribution in [3.63, 3.8) is 0 Å². The summed E-state index contributed by atoms with van der Waals surface area (Å²) in [5.74, 6) is 2.03. The van der Waals surface area contributed by atoms with Gasteiger partial charge in [-0.1, -0.05) is 6.07 Å². The summed E-state index contributed by atoms with van der Waals surface area (Å²) in [6, 6.07) is 4.35. The molecule has 0 bridgehead atoms. The predicted octanol–water partition coefficient (Wildman–Crippen LogP) is 2.21. The van der Waals surface area contributed by atoms with Crippen LogP contribution < -0.4 is 10.6 Å². The van der Waals surface area contributed by atoms with Gasteiger partial charge in [0.15, 0.2) is 0 Å². The van der Waals surface area contributed by atoms with E-state index in [9.17, 15) is 0 Å². The molecule has 1 atom stereocenters. The molecule has 3 heteroatoms. The summed E-state index contributed by atoms with van der Waals surface area (Å²) in [6.07, 6.45) is 5.55. The third-order valence-electron chi connectivity index (χ3n) is 3.27. The largest absolute Gasteiger partial charge is 0.356 e. The maximum Gasteiger partial charge on any atom is 0.131 e. The van der Waals surface area contributed by atoms with Gasteiger partial charge in [0.05, 0.1) is 0 Å². The van der Waals surface area contributed by atoms with Crippen molar-refractivity contribution in [3.05, 3.63) is 23.9 Å². The van der Waals surface area contributed by atoms with Gasteiger partial charge in [-0.15, -0.1) is 0 Å². The molecule has 94 valence electrons. The van der Waals surface area contributed by atoms with Crippen LogP contribution in [0, 0.1) is 5.92 Å². The monoisotopic (exact) mass is 233 g/mol. The summed E-state index contributed by atoms with van der Waals surface area (Å²) >= 11 is 0. The highest BCUT2D eigenvalue weighted by Gasteiger charge is 2.25. The van der Waals surface area contributed by atoms with Gasteiger partial charge in [-0.2, -0.15) is 0 Å². The molecule has 1 aliphatic rings. The second-order valence-corrected chi connectivity index (χ2v) is 5.15. The Hall–Kier alpha value is -1.09. The zero-order chi connectivity index (χ0) is 12.3. The van der Waals surface area contributed by atoms with E-state index in [0.29, 0.717) is 0 Å². The molecule has 0 amide bonds. The first kappa shape index (κ1) is 12.4. The van der Waals surface area contributed by atoms with Crippen LogP contribution in [0.1, 0.15) is 32.3 Å². The number of hydrogen-bond acceptors (Lipinski definition) is 3. The molecule has 1 aliphatic carbocycles. The Morgan fingerprint density at radius 2 is 2.29 bits per heavy atom. The van der Waals surface area contributed by atoms with Crippen LogP contribution in [0.25, 0.3) is 0 Å². The highest BCUT2D eigenvalue weighted by atomic mass is 15.2. The van der Waals surface area contributed by atoms with E-state index in [1.807, 2.05) is 19.2 Å². The van der Waals surface area contributed by atoms with Crippen LogP contribution in [0.5, 0.6) is 0 Å². The average Bonchev–Trinajstić information content (AvgIpc) is 3.10. The standard InChI is InChI=1S/C14H23N3/c1-3-17(10-12-6-7-12)14-13(9-11(2)15)5-4-8-16-14/h4-5,8,11-12H,3,6-7,9-10,15H2,1-2H3. The third-order valence-corrected chi connectivity index (χ3v) is 3.27. The molecule has 1 aromatic rings. The Balaban J connectivity index is 2.15. The first-order valence-corrected chi connectivity index (χ1v) is 6.65. The molecule has 1 fully saturated rings. The Morgan fingerprint density at radius 1 is 1.53 bits per heavy atom. The number of nitrogens with zero attached hydrogens (tertiary/aromatic N) is 2. The molecular weight excluding hydrogens is 210 g/mol. The summed E-state index contributed by atoms with van der Waals surface area (Å²) in [6.45, 7) is 6.43. The lowest BCUT2D eigenvalue weighted by Crippen LogP contribution is -2.28. The van der Waals surface area contributed by atoms with Gasteiger partial charge in [0.1, 0.15) is 5.82 Å². The van der Waals surface area contributed by atoms with Gasteiger partial charge in [-0.05, 0) is 50.7 Å². The molecule has 0 aromatic carbocycles. The fourth-order valence-corrected chi connectivity index (χ4v) is 2.20. The van der Waals surface area contributed by atoms with Crippen LogP contribution in [-0.4, -0.2) is 24.1 Å². The first-order valence-electron chi connectivity index (χ1n) is 6.65. The van der Waals surface area contributed by atoms with Gasteiger partial charge >= 0.3 is 0 Å². The van der Waals surface area contributed by atoms with E-state index >= 15 is 0 Å². The topological polar surface area (TPSA) is 42.2 Å². The van der Waals surface area contributed by atoms with Gasteiger partial charge in [-0.25, -0.2) is 4.98 Å². The lowest BCUT2D eigenvalue weighted by molar-refractivity contribution is 0.703. The van der Waals surface area contributed by atoms with Crippen molar-refractivity contribution in [2.24, 2.45) is 11.7 Å². The van der Waals surface area contributed by atoms with Crippen LogP contribution >= 0.6 is 0 Å². The molecule has 1 unspecified atom stereocenters. The van der Waals surface area contributed by atoms with Crippen molar-refractivity contribution < 1.29 is 0 Å². The fraction of sp³-hybridized carbons (Fsp3) is 0.643. The van der Waals surface area contributed by atoms with Crippen LogP contribution in [0.2, 0.25) is 0 Å². The molecule has 1 saturated carbocycles. The molecule has 0 radical (unpaired) electrons. The smallest absolute Gasteiger partial charge is 0.131 e. The van der Waals surface area contributed by atoms with Crippen molar-refractivity contribution in [2.45, 2.75) is 39.2 Å². The van der Waals surface area contributed by atoms with Crippen molar-refractivity contribution >= 4 is 5.82 Å². The van der Waals surface area contributed by atoms with Crippen LogP contribution in [0.15, 0.2) is 18.3 Å². The minimum Gasteiger partial charge on any atom is -0.356 e. The van der Waals surface area contributed by atoms with Crippen molar-refractivity contribution in [3.8, 4) is 0 Å². The van der Waals surface area contributed by atoms with Crippen LogP contribution in [-0.2, 0) is 6.42 Å². The predicted molar refractivity (Wildman–Crippen MR) is 72.2 cm³/mol. The molecule has 0 aliphatic heterocycles. The van der Waals surface area contributed by atoms with E-state index in [1.54, 1.807) is 0 Å². The molecule has 2 N–H and O–H groups in total. The second-order valence-electron chi connectivity index (χ2n) is 5.15. The van der Waals surface area contributed by atoms with Gasteiger partial charge in [0, 0.05) is 25.3 Å². The van der Waals surface area contributed by atoms with Gasteiger partial charge in [0.2, 0.25) is 0 Å². The molecule has 0 spiro atoms. The summed E-state index contributed by atoms with van der Waals surface area (Å²) in [7, 11) is 0. The maximum atomic E-state index is 5.90. The normalized spacial score (nSPS) is 16.9. The Bertz CT molecular complexity index is 358. The van der Waals surface area contributed by atoms with E-state index in [-0.39, 0.29) is 6.04 Å². The Kier molecular flexibility index (Phi) is 4.00. The van der Waals surface area contributed by atoms with Crippen LogP contribution in [0.4, 0.5) is 5.82 Å². The van der Waals surface area contributed by atoms with E-state index in [1.165, 1.54) is 18.4 Å². The summed E-state index contributed by atoms with van der Waals surface area (Å²) in [5, 5.41) is 0. The Labute approximate surface area is 104 Å². The van der Waals surface area contributed by atoms with Crippen LogP contribution in [0.3, 0.4) is 0 Å². The molecular formula is C14H23N3. The van der Waals surface area contributed by atoms with E-state index in [2.05, 4.69) is 22.9 Å². The SMILES string of the molecule is CCN(CC1CC1)c1ncccc1CC(C)N. The number of rotatable bonds is 6. The quantitative estimate of drug-likeness (QED) is 0.819.